The first-order valence-electron chi connectivity index (χ1n) is 3.82. The van der Waals surface area contributed by atoms with Crippen molar-refractivity contribution in [2.45, 2.75) is 20.0 Å². The number of hydrogen-bond donors (Lipinski definition) is 0. The van der Waals surface area contributed by atoms with Crippen LogP contribution in [0.2, 0.25) is 5.02 Å². The Morgan fingerprint density at radius 2 is 2.08 bits per heavy atom. The Bertz CT molecular complexity index is 315. The largest absolute Gasteiger partial charge is 0.488 e. The monoisotopic (exact) mass is 314 g/mol. The topological polar surface area (TPSA) is 9.23 Å². The zero-order valence-corrected chi connectivity index (χ0v) is 10.2. The predicted molar refractivity (Wildman–Crippen MR) is 59.9 cm³/mol. The quantitative estimate of drug-likeness (QED) is 0.595. The van der Waals surface area contributed by atoms with E-state index in [0.29, 0.717) is 8.59 Å². The van der Waals surface area contributed by atoms with Crippen molar-refractivity contribution in [1.82, 2.24) is 0 Å². The molecule has 0 spiro atoms. The fourth-order valence-electron chi connectivity index (χ4n) is 0.872. The summed E-state index contributed by atoms with van der Waals surface area (Å²) in [4.78, 5) is 0. The molecule has 0 amide bonds. The molecule has 0 fully saturated rings. The second-order valence-electron chi connectivity index (χ2n) is 2.87. The van der Waals surface area contributed by atoms with Gasteiger partial charge in [-0.2, -0.15) is 0 Å². The molecule has 0 bridgehead atoms. The van der Waals surface area contributed by atoms with Crippen LogP contribution < -0.4 is 4.74 Å². The third-order valence-corrected chi connectivity index (χ3v) is 2.33. The van der Waals surface area contributed by atoms with Crippen molar-refractivity contribution in [3.05, 3.63) is 26.5 Å². The molecule has 0 aliphatic rings. The molecule has 0 heterocycles. The molecule has 0 saturated carbocycles. The maximum atomic E-state index is 13.4. The molecule has 0 saturated heterocycles. The first-order chi connectivity index (χ1) is 6.00. The minimum Gasteiger partial charge on any atom is -0.488 e. The van der Waals surface area contributed by atoms with E-state index in [2.05, 4.69) is 0 Å². The number of hydrogen-bond acceptors (Lipinski definition) is 1. The van der Waals surface area contributed by atoms with Crippen LogP contribution in [0.1, 0.15) is 13.8 Å². The van der Waals surface area contributed by atoms with Crippen LogP contribution in [0.3, 0.4) is 0 Å². The summed E-state index contributed by atoms with van der Waals surface area (Å²) in [6.45, 7) is 3.68. The second-order valence-corrected chi connectivity index (χ2v) is 4.46. The van der Waals surface area contributed by atoms with Gasteiger partial charge in [-0.1, -0.05) is 11.6 Å². The molecular formula is C9H9ClFIO. The third kappa shape index (κ3) is 2.98. The van der Waals surface area contributed by atoms with Crippen molar-refractivity contribution in [1.29, 1.82) is 0 Å². The highest BCUT2D eigenvalue weighted by molar-refractivity contribution is 14.1. The SMILES string of the molecule is CC(C)Oc1cc(Cl)cc(I)c1F. The number of ether oxygens (including phenoxy) is 1. The Morgan fingerprint density at radius 3 is 2.62 bits per heavy atom. The van der Waals surface area contributed by atoms with E-state index in [9.17, 15) is 4.39 Å². The number of rotatable bonds is 2. The van der Waals surface area contributed by atoms with Gasteiger partial charge in [0.05, 0.1) is 9.67 Å². The highest BCUT2D eigenvalue weighted by atomic mass is 127. The van der Waals surface area contributed by atoms with E-state index < -0.39 is 0 Å². The molecule has 1 rings (SSSR count). The van der Waals surface area contributed by atoms with Gasteiger partial charge in [0.2, 0.25) is 0 Å². The lowest BCUT2D eigenvalue weighted by Crippen LogP contribution is -2.07. The molecule has 1 aromatic carbocycles. The summed E-state index contributed by atoms with van der Waals surface area (Å²) in [5.41, 5.74) is 0. The number of benzene rings is 1. The molecule has 0 aliphatic heterocycles. The molecule has 0 atom stereocenters. The average Bonchev–Trinajstić information content (AvgIpc) is 1.98. The molecule has 4 heteroatoms. The van der Waals surface area contributed by atoms with Gasteiger partial charge in [-0.15, -0.1) is 0 Å². The van der Waals surface area contributed by atoms with Gasteiger partial charge in [0, 0.05) is 11.1 Å². The Hall–Kier alpha value is -0.0300. The Morgan fingerprint density at radius 1 is 1.46 bits per heavy atom. The molecule has 1 aromatic rings. The van der Waals surface area contributed by atoms with Crippen LogP contribution >= 0.6 is 34.2 Å². The lowest BCUT2D eigenvalue weighted by atomic mass is 10.3. The summed E-state index contributed by atoms with van der Waals surface area (Å²) in [5, 5.41) is 0.487. The van der Waals surface area contributed by atoms with Gasteiger partial charge in [0.25, 0.3) is 0 Å². The van der Waals surface area contributed by atoms with Crippen molar-refractivity contribution in [2.24, 2.45) is 0 Å². The molecule has 72 valence electrons. The summed E-state index contributed by atoms with van der Waals surface area (Å²) in [6, 6.07) is 3.05. The molecule has 0 aliphatic carbocycles. The summed E-state index contributed by atoms with van der Waals surface area (Å²) >= 11 is 7.64. The lowest BCUT2D eigenvalue weighted by Gasteiger charge is -2.11. The van der Waals surface area contributed by atoms with E-state index in [4.69, 9.17) is 16.3 Å². The third-order valence-electron chi connectivity index (χ3n) is 1.32. The molecule has 0 N–H and O–H groups in total. The molecule has 0 unspecified atom stereocenters. The van der Waals surface area contributed by atoms with Crippen LogP contribution in [-0.2, 0) is 0 Å². The zero-order chi connectivity index (χ0) is 10.0. The van der Waals surface area contributed by atoms with E-state index in [1.54, 1.807) is 6.07 Å². The van der Waals surface area contributed by atoms with E-state index in [1.165, 1.54) is 6.07 Å². The van der Waals surface area contributed by atoms with Crippen LogP contribution in [0.15, 0.2) is 12.1 Å². The Kier molecular flexibility index (Phi) is 3.79. The van der Waals surface area contributed by atoms with Crippen LogP contribution in [0.25, 0.3) is 0 Å². The van der Waals surface area contributed by atoms with E-state index in [-0.39, 0.29) is 17.7 Å². The standard InChI is InChI=1S/C9H9ClFIO/c1-5(2)13-8-4-6(10)3-7(12)9(8)11/h3-5H,1-2H3. The van der Waals surface area contributed by atoms with E-state index >= 15 is 0 Å². The molecular weight excluding hydrogens is 305 g/mol. The molecule has 0 radical (unpaired) electrons. The van der Waals surface area contributed by atoms with Crippen molar-refractivity contribution < 1.29 is 9.13 Å². The minimum absolute atomic E-state index is 0.0521. The number of halogens is 3. The summed E-state index contributed by atoms with van der Waals surface area (Å²) in [6.07, 6.45) is -0.0521. The van der Waals surface area contributed by atoms with Crippen molar-refractivity contribution in [3.8, 4) is 5.75 Å². The van der Waals surface area contributed by atoms with Gasteiger partial charge in [-0.05, 0) is 42.5 Å². The normalized spacial score (nSPS) is 10.6. The van der Waals surface area contributed by atoms with Gasteiger partial charge < -0.3 is 4.74 Å². The van der Waals surface area contributed by atoms with Crippen LogP contribution in [0, 0.1) is 9.39 Å². The highest BCUT2D eigenvalue weighted by Gasteiger charge is 2.10. The van der Waals surface area contributed by atoms with Crippen molar-refractivity contribution >= 4 is 34.2 Å². The smallest absolute Gasteiger partial charge is 0.178 e. The van der Waals surface area contributed by atoms with E-state index in [1.807, 2.05) is 36.4 Å². The maximum Gasteiger partial charge on any atom is 0.178 e. The minimum atomic E-state index is -0.348. The predicted octanol–water partition coefficient (Wildman–Crippen LogP) is 3.87. The Labute approximate surface area is 95.4 Å². The van der Waals surface area contributed by atoms with Gasteiger partial charge in [0.1, 0.15) is 0 Å². The summed E-state index contributed by atoms with van der Waals surface area (Å²) in [7, 11) is 0. The van der Waals surface area contributed by atoms with Gasteiger partial charge in [0.15, 0.2) is 11.6 Å². The highest BCUT2D eigenvalue weighted by Crippen LogP contribution is 2.27. The fourth-order valence-corrected chi connectivity index (χ4v) is 1.87. The summed E-state index contributed by atoms with van der Waals surface area (Å²) < 4.78 is 19.1. The van der Waals surface area contributed by atoms with Crippen LogP contribution in [-0.4, -0.2) is 6.10 Å². The maximum absolute atomic E-state index is 13.4. The van der Waals surface area contributed by atoms with Crippen molar-refractivity contribution in [2.75, 3.05) is 0 Å². The second kappa shape index (κ2) is 4.46. The fraction of sp³-hybridized carbons (Fsp3) is 0.333. The lowest BCUT2D eigenvalue weighted by molar-refractivity contribution is 0.230. The first kappa shape index (κ1) is 11.0. The Balaban J connectivity index is 3.05. The van der Waals surface area contributed by atoms with Gasteiger partial charge in [-0.25, -0.2) is 4.39 Å². The van der Waals surface area contributed by atoms with Crippen molar-refractivity contribution in [3.63, 3.8) is 0 Å². The van der Waals surface area contributed by atoms with E-state index in [0.717, 1.165) is 0 Å². The van der Waals surface area contributed by atoms with Crippen LogP contribution in [0.4, 0.5) is 4.39 Å². The summed E-state index contributed by atoms with van der Waals surface area (Å²) in [5.74, 6) is -0.134. The first-order valence-corrected chi connectivity index (χ1v) is 5.27. The molecule has 1 nitrogen and oxygen atoms in total. The zero-order valence-electron chi connectivity index (χ0n) is 7.27. The van der Waals surface area contributed by atoms with Crippen LogP contribution in [0.5, 0.6) is 5.75 Å². The average molecular weight is 315 g/mol. The van der Waals surface area contributed by atoms with Gasteiger partial charge in [-0.3, -0.25) is 0 Å². The van der Waals surface area contributed by atoms with Gasteiger partial charge >= 0.3 is 0 Å². The molecule has 0 aromatic heterocycles. The molecule has 13 heavy (non-hydrogen) atoms.